The lowest BCUT2D eigenvalue weighted by Gasteiger charge is -2.35. The molecule has 1 aliphatic carbocycles. The van der Waals surface area contributed by atoms with Gasteiger partial charge in [0.05, 0.1) is 17.8 Å². The molecule has 1 aliphatic heterocycles. The molecule has 2 fully saturated rings. The fourth-order valence-electron chi connectivity index (χ4n) is 4.47. The van der Waals surface area contributed by atoms with Crippen molar-refractivity contribution in [3.05, 3.63) is 42.4 Å². The maximum absolute atomic E-state index is 12.4. The molecule has 1 saturated heterocycles. The average Bonchev–Trinajstić information content (AvgIpc) is 3.18. The summed E-state index contributed by atoms with van der Waals surface area (Å²) < 4.78 is 1.99. The van der Waals surface area contributed by atoms with E-state index in [1.54, 1.807) is 30.7 Å². The number of carbonyl (C=O) groups excluding carboxylic acids is 1. The number of pyridine rings is 1. The highest BCUT2D eigenvalue weighted by atomic mass is 16.1. The Bertz CT molecular complexity index is 730. The largest absolute Gasteiger partial charge is 0.307 e. The van der Waals surface area contributed by atoms with E-state index >= 15 is 0 Å². The quantitative estimate of drug-likeness (QED) is 0.874. The zero-order valence-electron chi connectivity index (χ0n) is 15.9. The van der Waals surface area contributed by atoms with E-state index in [-0.39, 0.29) is 5.91 Å². The lowest BCUT2D eigenvalue weighted by molar-refractivity contribution is 0.102. The number of amides is 1. The maximum atomic E-state index is 12.4. The van der Waals surface area contributed by atoms with E-state index in [1.165, 1.54) is 38.6 Å². The number of aromatic nitrogens is 3. The van der Waals surface area contributed by atoms with Crippen molar-refractivity contribution in [1.82, 2.24) is 19.7 Å². The second kappa shape index (κ2) is 8.65. The normalized spacial score (nSPS) is 19.9. The molecule has 4 rings (SSSR count). The van der Waals surface area contributed by atoms with Crippen molar-refractivity contribution < 1.29 is 4.79 Å². The molecule has 6 heteroatoms. The number of hydrogen-bond acceptors (Lipinski definition) is 4. The van der Waals surface area contributed by atoms with E-state index in [0.29, 0.717) is 11.6 Å². The number of nitrogens with one attached hydrogen (secondary N) is 1. The van der Waals surface area contributed by atoms with Gasteiger partial charge in [-0.05, 0) is 43.7 Å². The number of anilines is 1. The molecule has 0 aromatic carbocycles. The lowest BCUT2D eigenvalue weighted by Crippen LogP contribution is -2.38. The Balaban J connectivity index is 1.32. The van der Waals surface area contributed by atoms with E-state index in [4.69, 9.17) is 0 Å². The van der Waals surface area contributed by atoms with Gasteiger partial charge >= 0.3 is 0 Å². The van der Waals surface area contributed by atoms with Crippen molar-refractivity contribution in [2.45, 2.75) is 51.0 Å². The van der Waals surface area contributed by atoms with Crippen molar-refractivity contribution in [1.29, 1.82) is 0 Å². The van der Waals surface area contributed by atoms with Gasteiger partial charge in [0, 0.05) is 38.1 Å². The number of likely N-dealkylation sites (tertiary alicyclic amines) is 1. The first-order chi connectivity index (χ1) is 13.3. The Morgan fingerprint density at radius 1 is 1.07 bits per heavy atom. The Kier molecular flexibility index (Phi) is 5.82. The summed E-state index contributed by atoms with van der Waals surface area (Å²) in [6.07, 6.45) is 14.3. The van der Waals surface area contributed by atoms with E-state index in [2.05, 4.69) is 20.3 Å². The summed E-state index contributed by atoms with van der Waals surface area (Å²) in [5.41, 5.74) is 0.563. The van der Waals surface area contributed by atoms with Crippen molar-refractivity contribution >= 4 is 11.7 Å². The third kappa shape index (κ3) is 4.56. The fourth-order valence-corrected chi connectivity index (χ4v) is 4.47. The molecule has 27 heavy (non-hydrogen) atoms. The number of nitrogens with zero attached hydrogens (tertiary/aromatic N) is 4. The van der Waals surface area contributed by atoms with Gasteiger partial charge in [-0.25, -0.2) is 4.68 Å². The van der Waals surface area contributed by atoms with Crippen molar-refractivity contribution in [2.24, 2.45) is 5.92 Å². The SMILES string of the molecule is O=C(Nc1ccnn1C1CCN(CC2CCCCC2)CC1)c1cccnc1. The zero-order valence-corrected chi connectivity index (χ0v) is 15.9. The second-order valence-corrected chi connectivity index (χ2v) is 7.89. The van der Waals surface area contributed by atoms with Crippen LogP contribution in [0.4, 0.5) is 5.82 Å². The predicted molar refractivity (Wildman–Crippen MR) is 106 cm³/mol. The van der Waals surface area contributed by atoms with Crippen LogP contribution in [-0.2, 0) is 0 Å². The molecule has 2 aliphatic rings. The van der Waals surface area contributed by atoms with E-state index in [1.807, 2.05) is 10.7 Å². The van der Waals surface area contributed by atoms with E-state index < -0.39 is 0 Å². The summed E-state index contributed by atoms with van der Waals surface area (Å²) >= 11 is 0. The van der Waals surface area contributed by atoms with Crippen LogP contribution in [-0.4, -0.2) is 45.2 Å². The molecule has 144 valence electrons. The monoisotopic (exact) mass is 367 g/mol. The van der Waals surface area contributed by atoms with Crippen LogP contribution < -0.4 is 5.32 Å². The highest BCUT2D eigenvalue weighted by Gasteiger charge is 2.25. The molecule has 0 bridgehead atoms. The summed E-state index contributed by atoms with van der Waals surface area (Å²) in [7, 11) is 0. The van der Waals surface area contributed by atoms with Crippen LogP contribution >= 0.6 is 0 Å². The average molecular weight is 367 g/mol. The van der Waals surface area contributed by atoms with Gasteiger partial charge in [-0.2, -0.15) is 5.10 Å². The summed E-state index contributed by atoms with van der Waals surface area (Å²) in [6, 6.07) is 5.77. The first-order valence-corrected chi connectivity index (χ1v) is 10.3. The Hall–Kier alpha value is -2.21. The van der Waals surface area contributed by atoms with Gasteiger partial charge in [0.1, 0.15) is 5.82 Å². The van der Waals surface area contributed by atoms with Crippen LogP contribution in [0.2, 0.25) is 0 Å². The maximum Gasteiger partial charge on any atom is 0.258 e. The molecule has 0 unspecified atom stereocenters. The first kappa shape index (κ1) is 18.2. The van der Waals surface area contributed by atoms with E-state index in [0.717, 1.165) is 37.7 Å². The van der Waals surface area contributed by atoms with Gasteiger partial charge in [-0.3, -0.25) is 9.78 Å². The Labute approximate surface area is 161 Å². The van der Waals surface area contributed by atoms with Crippen molar-refractivity contribution in [2.75, 3.05) is 25.0 Å². The first-order valence-electron chi connectivity index (χ1n) is 10.3. The summed E-state index contributed by atoms with van der Waals surface area (Å²) in [5, 5.41) is 7.48. The van der Waals surface area contributed by atoms with Gasteiger partial charge in [-0.15, -0.1) is 0 Å². The fraction of sp³-hybridized carbons (Fsp3) is 0.571. The molecule has 2 aromatic heterocycles. The van der Waals surface area contributed by atoms with Gasteiger partial charge in [0.15, 0.2) is 0 Å². The van der Waals surface area contributed by atoms with Gasteiger partial charge in [0.25, 0.3) is 5.91 Å². The molecule has 6 nitrogen and oxygen atoms in total. The van der Waals surface area contributed by atoms with Gasteiger partial charge in [-0.1, -0.05) is 19.3 Å². The Morgan fingerprint density at radius 3 is 2.63 bits per heavy atom. The summed E-state index contributed by atoms with van der Waals surface area (Å²) in [5.74, 6) is 1.53. The zero-order chi connectivity index (χ0) is 18.5. The molecule has 0 radical (unpaired) electrons. The van der Waals surface area contributed by atoms with Crippen LogP contribution in [0.3, 0.4) is 0 Å². The smallest absolute Gasteiger partial charge is 0.258 e. The minimum atomic E-state index is -0.139. The summed E-state index contributed by atoms with van der Waals surface area (Å²) in [4.78, 5) is 19.1. The van der Waals surface area contributed by atoms with Crippen LogP contribution in [0, 0.1) is 5.92 Å². The topological polar surface area (TPSA) is 63.1 Å². The molecule has 3 heterocycles. The minimum Gasteiger partial charge on any atom is -0.307 e. The Morgan fingerprint density at radius 2 is 1.89 bits per heavy atom. The number of rotatable bonds is 5. The van der Waals surface area contributed by atoms with Gasteiger partial charge < -0.3 is 10.2 Å². The van der Waals surface area contributed by atoms with Gasteiger partial charge in [0.2, 0.25) is 0 Å². The second-order valence-electron chi connectivity index (χ2n) is 7.89. The molecule has 1 N–H and O–H groups in total. The molecule has 2 aromatic rings. The molecular formula is C21H29N5O. The van der Waals surface area contributed by atoms with Crippen LogP contribution in [0.25, 0.3) is 0 Å². The standard InChI is InChI=1S/C21H29N5O/c27-21(18-7-4-11-22-15-18)24-20-8-12-23-26(20)19-9-13-25(14-10-19)16-17-5-2-1-3-6-17/h4,7-8,11-12,15,17,19H,1-3,5-6,9-10,13-14,16H2,(H,24,27). The molecule has 1 amide bonds. The molecule has 0 atom stereocenters. The third-order valence-electron chi connectivity index (χ3n) is 5.98. The summed E-state index contributed by atoms with van der Waals surface area (Å²) in [6.45, 7) is 3.50. The van der Waals surface area contributed by atoms with Crippen molar-refractivity contribution in [3.63, 3.8) is 0 Å². The van der Waals surface area contributed by atoms with Crippen LogP contribution in [0.5, 0.6) is 0 Å². The number of carbonyl (C=O) groups is 1. The molecule has 0 spiro atoms. The number of piperidine rings is 1. The molecular weight excluding hydrogens is 338 g/mol. The lowest BCUT2D eigenvalue weighted by atomic mass is 9.88. The highest BCUT2D eigenvalue weighted by Crippen LogP contribution is 2.29. The highest BCUT2D eigenvalue weighted by molar-refractivity contribution is 6.03. The van der Waals surface area contributed by atoms with E-state index in [9.17, 15) is 4.79 Å². The molecule has 1 saturated carbocycles. The third-order valence-corrected chi connectivity index (χ3v) is 5.98. The van der Waals surface area contributed by atoms with Crippen LogP contribution in [0.15, 0.2) is 36.8 Å². The minimum absolute atomic E-state index is 0.139. The van der Waals surface area contributed by atoms with Crippen LogP contribution in [0.1, 0.15) is 61.3 Å². The number of hydrogen-bond donors (Lipinski definition) is 1. The van der Waals surface area contributed by atoms with Crippen molar-refractivity contribution in [3.8, 4) is 0 Å². The predicted octanol–water partition coefficient (Wildman–Crippen LogP) is 3.75.